The van der Waals surface area contributed by atoms with Crippen LogP contribution in [0.4, 0.5) is 8.78 Å². The van der Waals surface area contributed by atoms with E-state index in [4.69, 9.17) is 4.74 Å². The predicted octanol–water partition coefficient (Wildman–Crippen LogP) is 2.27. The molecule has 0 radical (unpaired) electrons. The van der Waals surface area contributed by atoms with Crippen molar-refractivity contribution < 1.29 is 13.5 Å². The Morgan fingerprint density at radius 1 is 1.35 bits per heavy atom. The number of nitrogens with zero attached hydrogens (tertiary/aromatic N) is 1. The van der Waals surface area contributed by atoms with Gasteiger partial charge in [0, 0.05) is 12.1 Å². The van der Waals surface area contributed by atoms with Crippen LogP contribution in [0.15, 0.2) is 12.3 Å². The molecular formula is C12H16F2N2O. The fourth-order valence-electron chi connectivity index (χ4n) is 2.20. The van der Waals surface area contributed by atoms with Crippen LogP contribution < -0.4 is 10.1 Å². The molecule has 3 nitrogen and oxygen atoms in total. The van der Waals surface area contributed by atoms with Crippen molar-refractivity contribution in [2.24, 2.45) is 0 Å². The minimum absolute atomic E-state index is 0.0961. The summed E-state index contributed by atoms with van der Waals surface area (Å²) in [6, 6.07) is 0.995. The van der Waals surface area contributed by atoms with Gasteiger partial charge in [0.2, 0.25) is 0 Å². The number of hydrogen-bond acceptors (Lipinski definition) is 3. The number of rotatable bonds is 3. The Bertz CT molecular complexity index is 387. The molecule has 17 heavy (non-hydrogen) atoms. The van der Waals surface area contributed by atoms with Crippen LogP contribution in [0.1, 0.15) is 25.7 Å². The summed E-state index contributed by atoms with van der Waals surface area (Å²) in [5, 5.41) is 3.16. The molecule has 2 rings (SSSR count). The molecule has 0 saturated heterocycles. The highest BCUT2D eigenvalue weighted by molar-refractivity contribution is 5.14. The summed E-state index contributed by atoms with van der Waals surface area (Å²) >= 11 is 0. The van der Waals surface area contributed by atoms with E-state index in [9.17, 15) is 8.78 Å². The second kappa shape index (κ2) is 5.40. The highest BCUT2D eigenvalue weighted by Crippen LogP contribution is 2.24. The van der Waals surface area contributed by atoms with Crippen LogP contribution in [0.5, 0.6) is 5.88 Å². The van der Waals surface area contributed by atoms with Crippen molar-refractivity contribution in [2.75, 3.05) is 7.05 Å². The van der Waals surface area contributed by atoms with E-state index in [1.54, 1.807) is 0 Å². The van der Waals surface area contributed by atoms with E-state index >= 15 is 0 Å². The molecule has 5 heteroatoms. The van der Waals surface area contributed by atoms with Crippen LogP contribution in [0, 0.1) is 11.6 Å². The lowest BCUT2D eigenvalue weighted by atomic mass is 9.92. The molecule has 0 aliphatic heterocycles. The molecule has 1 heterocycles. The van der Waals surface area contributed by atoms with E-state index in [1.807, 2.05) is 7.05 Å². The normalized spacial score (nSPS) is 24.6. The zero-order valence-electron chi connectivity index (χ0n) is 9.75. The standard InChI is InChI=1S/C12H16F2N2O/c1-15-10-4-2-3-5-11(10)17-12-9(14)6-8(13)7-16-12/h6-7,10-11,15H,2-5H2,1H3. The van der Waals surface area contributed by atoms with Crippen LogP contribution in [-0.2, 0) is 0 Å². The van der Waals surface area contributed by atoms with Crippen molar-refractivity contribution in [3.05, 3.63) is 23.9 Å². The van der Waals surface area contributed by atoms with Gasteiger partial charge < -0.3 is 10.1 Å². The van der Waals surface area contributed by atoms with Gasteiger partial charge in [-0.3, -0.25) is 0 Å². The first kappa shape index (κ1) is 12.2. The number of aromatic nitrogens is 1. The summed E-state index contributed by atoms with van der Waals surface area (Å²) in [6.45, 7) is 0. The number of nitrogens with one attached hydrogen (secondary N) is 1. The highest BCUT2D eigenvalue weighted by Gasteiger charge is 2.26. The van der Waals surface area contributed by atoms with E-state index in [2.05, 4.69) is 10.3 Å². The number of likely N-dealkylation sites (N-methyl/N-ethyl adjacent to an activating group) is 1. The Hall–Kier alpha value is -1.23. The number of hydrogen-bond donors (Lipinski definition) is 1. The van der Waals surface area contributed by atoms with Crippen LogP contribution in [0.25, 0.3) is 0 Å². The molecule has 0 aromatic carbocycles. The number of ether oxygens (including phenoxy) is 1. The van der Waals surface area contributed by atoms with E-state index in [0.717, 1.165) is 37.9 Å². The summed E-state index contributed by atoms with van der Waals surface area (Å²) in [5.74, 6) is -1.55. The maximum Gasteiger partial charge on any atom is 0.250 e. The molecule has 1 aromatic heterocycles. The van der Waals surface area contributed by atoms with E-state index in [0.29, 0.717) is 0 Å². The molecule has 1 aromatic rings. The average molecular weight is 242 g/mol. The second-order valence-corrected chi connectivity index (χ2v) is 4.28. The van der Waals surface area contributed by atoms with Crippen LogP contribution in [-0.4, -0.2) is 24.2 Å². The second-order valence-electron chi connectivity index (χ2n) is 4.28. The molecular weight excluding hydrogens is 226 g/mol. The van der Waals surface area contributed by atoms with Gasteiger partial charge in [0.25, 0.3) is 5.88 Å². The maximum atomic E-state index is 13.4. The first-order valence-corrected chi connectivity index (χ1v) is 5.85. The number of pyridine rings is 1. The van der Waals surface area contributed by atoms with Gasteiger partial charge >= 0.3 is 0 Å². The summed E-state index contributed by atoms with van der Waals surface area (Å²) in [4.78, 5) is 3.64. The summed E-state index contributed by atoms with van der Waals surface area (Å²) < 4.78 is 31.6. The van der Waals surface area contributed by atoms with Crippen molar-refractivity contribution in [3.8, 4) is 5.88 Å². The Labute approximate surface area is 99.2 Å². The molecule has 1 N–H and O–H groups in total. The van der Waals surface area contributed by atoms with E-state index in [1.165, 1.54) is 0 Å². The molecule has 1 saturated carbocycles. The smallest absolute Gasteiger partial charge is 0.250 e. The molecule has 1 aliphatic rings. The molecule has 2 unspecified atom stereocenters. The maximum absolute atomic E-state index is 13.4. The van der Waals surface area contributed by atoms with E-state index < -0.39 is 11.6 Å². The summed E-state index contributed by atoms with van der Waals surface area (Å²) in [7, 11) is 1.86. The van der Waals surface area contributed by atoms with Gasteiger partial charge in [0.15, 0.2) is 5.82 Å². The van der Waals surface area contributed by atoms with Crippen LogP contribution in [0.3, 0.4) is 0 Å². The molecule has 2 atom stereocenters. The first-order chi connectivity index (χ1) is 8.20. The van der Waals surface area contributed by atoms with Gasteiger partial charge in [-0.05, 0) is 26.3 Å². The van der Waals surface area contributed by atoms with Crippen molar-refractivity contribution in [1.29, 1.82) is 0 Å². The van der Waals surface area contributed by atoms with Gasteiger partial charge in [-0.15, -0.1) is 0 Å². The zero-order chi connectivity index (χ0) is 12.3. The van der Waals surface area contributed by atoms with Crippen molar-refractivity contribution in [3.63, 3.8) is 0 Å². The summed E-state index contributed by atoms with van der Waals surface area (Å²) in [5.41, 5.74) is 0. The molecule has 1 aliphatic carbocycles. The third-order valence-electron chi connectivity index (χ3n) is 3.11. The Kier molecular flexibility index (Phi) is 3.89. The fraction of sp³-hybridized carbons (Fsp3) is 0.583. The largest absolute Gasteiger partial charge is 0.471 e. The van der Waals surface area contributed by atoms with Gasteiger partial charge in [-0.1, -0.05) is 6.42 Å². The van der Waals surface area contributed by atoms with Crippen molar-refractivity contribution in [2.45, 2.75) is 37.8 Å². The van der Waals surface area contributed by atoms with Gasteiger partial charge in [-0.2, -0.15) is 0 Å². The van der Waals surface area contributed by atoms with Crippen LogP contribution >= 0.6 is 0 Å². The predicted molar refractivity (Wildman–Crippen MR) is 59.9 cm³/mol. The molecule has 1 fully saturated rings. The minimum Gasteiger partial charge on any atom is -0.471 e. The Morgan fingerprint density at radius 2 is 2.12 bits per heavy atom. The lowest BCUT2D eigenvalue weighted by Gasteiger charge is -2.31. The van der Waals surface area contributed by atoms with Crippen molar-refractivity contribution in [1.82, 2.24) is 10.3 Å². The van der Waals surface area contributed by atoms with Gasteiger partial charge in [0.1, 0.15) is 11.9 Å². The van der Waals surface area contributed by atoms with Gasteiger partial charge in [-0.25, -0.2) is 13.8 Å². The summed E-state index contributed by atoms with van der Waals surface area (Å²) in [6.07, 6.45) is 4.95. The molecule has 0 spiro atoms. The van der Waals surface area contributed by atoms with E-state index in [-0.39, 0.29) is 18.0 Å². The third kappa shape index (κ3) is 2.91. The topological polar surface area (TPSA) is 34.1 Å². The molecule has 0 amide bonds. The molecule has 0 bridgehead atoms. The van der Waals surface area contributed by atoms with Gasteiger partial charge in [0.05, 0.1) is 6.20 Å². The molecule has 94 valence electrons. The Balaban J connectivity index is 2.08. The highest BCUT2D eigenvalue weighted by atomic mass is 19.1. The first-order valence-electron chi connectivity index (χ1n) is 5.85. The Morgan fingerprint density at radius 3 is 2.82 bits per heavy atom. The average Bonchev–Trinajstić information content (AvgIpc) is 2.33. The lowest BCUT2D eigenvalue weighted by molar-refractivity contribution is 0.107. The van der Waals surface area contributed by atoms with Crippen LogP contribution in [0.2, 0.25) is 0 Å². The third-order valence-corrected chi connectivity index (χ3v) is 3.11. The monoisotopic (exact) mass is 242 g/mol. The zero-order valence-corrected chi connectivity index (χ0v) is 9.75. The number of halogens is 2. The fourth-order valence-corrected chi connectivity index (χ4v) is 2.20. The van der Waals surface area contributed by atoms with Crippen molar-refractivity contribution >= 4 is 0 Å². The minimum atomic E-state index is -0.745. The SMILES string of the molecule is CNC1CCCCC1Oc1ncc(F)cc1F. The lowest BCUT2D eigenvalue weighted by Crippen LogP contribution is -2.43. The quantitative estimate of drug-likeness (QED) is 0.882.